The standard InChI is InChI=1S/C17H16BrF2N3O2/c18-12-9-21-17(22-10-12)25-14-3-5-23(6-4-14)16(24)7-11-1-2-13(19)8-15(11)20/h1-2,8-10,14H,3-7H2. The van der Waals surface area contributed by atoms with E-state index in [0.717, 1.165) is 16.6 Å². The Kier molecular flexibility index (Phi) is 5.57. The fourth-order valence-corrected chi connectivity index (χ4v) is 2.88. The zero-order chi connectivity index (χ0) is 17.8. The van der Waals surface area contributed by atoms with Gasteiger partial charge in [0.2, 0.25) is 5.91 Å². The van der Waals surface area contributed by atoms with Crippen LogP contribution < -0.4 is 4.74 Å². The van der Waals surface area contributed by atoms with E-state index in [2.05, 4.69) is 25.9 Å². The quantitative estimate of drug-likeness (QED) is 0.775. The molecule has 1 aromatic carbocycles. The van der Waals surface area contributed by atoms with Gasteiger partial charge in [-0.05, 0) is 27.6 Å². The molecule has 8 heteroatoms. The van der Waals surface area contributed by atoms with E-state index in [1.165, 1.54) is 6.07 Å². The number of carbonyl (C=O) groups is 1. The number of likely N-dealkylation sites (tertiary alicyclic amines) is 1. The van der Waals surface area contributed by atoms with E-state index in [0.29, 0.717) is 31.9 Å². The van der Waals surface area contributed by atoms with Crippen molar-refractivity contribution in [1.29, 1.82) is 0 Å². The zero-order valence-electron chi connectivity index (χ0n) is 13.3. The molecule has 0 atom stereocenters. The zero-order valence-corrected chi connectivity index (χ0v) is 14.9. The molecule has 0 unspecified atom stereocenters. The summed E-state index contributed by atoms with van der Waals surface area (Å²) in [5, 5.41) is 0. The second-order valence-electron chi connectivity index (χ2n) is 5.79. The Morgan fingerprint density at radius 1 is 1.24 bits per heavy atom. The number of benzene rings is 1. The maximum absolute atomic E-state index is 13.7. The van der Waals surface area contributed by atoms with Gasteiger partial charge in [0, 0.05) is 44.4 Å². The lowest BCUT2D eigenvalue weighted by atomic mass is 10.1. The molecule has 0 saturated carbocycles. The summed E-state index contributed by atoms with van der Waals surface area (Å²) in [6, 6.07) is 3.56. The number of hydrogen-bond donors (Lipinski definition) is 0. The summed E-state index contributed by atoms with van der Waals surface area (Å²) in [4.78, 5) is 22.1. The van der Waals surface area contributed by atoms with E-state index in [1.807, 2.05) is 0 Å². The topological polar surface area (TPSA) is 55.3 Å². The molecule has 5 nitrogen and oxygen atoms in total. The summed E-state index contributed by atoms with van der Waals surface area (Å²) >= 11 is 3.26. The predicted molar refractivity (Wildman–Crippen MR) is 90.0 cm³/mol. The Labute approximate surface area is 152 Å². The fraction of sp³-hybridized carbons (Fsp3) is 0.353. The van der Waals surface area contributed by atoms with Crippen molar-refractivity contribution in [2.75, 3.05) is 13.1 Å². The molecule has 132 valence electrons. The van der Waals surface area contributed by atoms with Crippen LogP contribution >= 0.6 is 15.9 Å². The molecule has 0 spiro atoms. The molecule has 1 amide bonds. The van der Waals surface area contributed by atoms with Crippen molar-refractivity contribution in [2.45, 2.75) is 25.4 Å². The molecule has 1 aromatic heterocycles. The van der Waals surface area contributed by atoms with Gasteiger partial charge in [-0.1, -0.05) is 6.07 Å². The second kappa shape index (κ2) is 7.86. The average molecular weight is 412 g/mol. The van der Waals surface area contributed by atoms with Crippen LogP contribution in [0.4, 0.5) is 8.78 Å². The van der Waals surface area contributed by atoms with Crippen molar-refractivity contribution in [2.24, 2.45) is 0 Å². The second-order valence-corrected chi connectivity index (χ2v) is 6.71. The number of amides is 1. The summed E-state index contributed by atoms with van der Waals surface area (Å²) < 4.78 is 33.1. The molecule has 0 bridgehead atoms. The van der Waals surface area contributed by atoms with E-state index in [-0.39, 0.29) is 24.0 Å². The highest BCUT2D eigenvalue weighted by Crippen LogP contribution is 2.18. The van der Waals surface area contributed by atoms with E-state index >= 15 is 0 Å². The highest BCUT2D eigenvalue weighted by atomic mass is 79.9. The van der Waals surface area contributed by atoms with Gasteiger partial charge in [0.05, 0.1) is 10.9 Å². The molecule has 0 aliphatic carbocycles. The number of ether oxygens (including phenoxy) is 1. The lowest BCUT2D eigenvalue weighted by molar-refractivity contribution is -0.132. The van der Waals surface area contributed by atoms with Crippen LogP contribution in [0.3, 0.4) is 0 Å². The molecule has 25 heavy (non-hydrogen) atoms. The highest BCUT2D eigenvalue weighted by molar-refractivity contribution is 9.10. The van der Waals surface area contributed by atoms with E-state index in [4.69, 9.17) is 4.74 Å². The lowest BCUT2D eigenvalue weighted by Crippen LogP contribution is -2.42. The molecule has 3 rings (SSSR count). The van der Waals surface area contributed by atoms with Gasteiger partial charge >= 0.3 is 6.01 Å². The molecule has 0 radical (unpaired) electrons. The minimum Gasteiger partial charge on any atom is -0.460 e. The summed E-state index contributed by atoms with van der Waals surface area (Å²) in [6.45, 7) is 1.03. The normalized spacial score (nSPS) is 15.2. The van der Waals surface area contributed by atoms with Gasteiger partial charge < -0.3 is 9.64 Å². The summed E-state index contributed by atoms with van der Waals surface area (Å²) in [5.74, 6) is -1.52. The van der Waals surface area contributed by atoms with Gasteiger partial charge in [0.25, 0.3) is 0 Å². The third-order valence-corrected chi connectivity index (χ3v) is 4.43. The van der Waals surface area contributed by atoms with Gasteiger partial charge in [0.15, 0.2) is 0 Å². The van der Waals surface area contributed by atoms with Crippen molar-refractivity contribution < 1.29 is 18.3 Å². The van der Waals surface area contributed by atoms with Gasteiger partial charge in [0.1, 0.15) is 17.7 Å². The van der Waals surface area contributed by atoms with Crippen LogP contribution in [0.5, 0.6) is 6.01 Å². The molecular weight excluding hydrogens is 396 g/mol. The van der Waals surface area contributed by atoms with Crippen molar-refractivity contribution in [3.63, 3.8) is 0 Å². The molecule has 2 heterocycles. The number of rotatable bonds is 4. The number of aromatic nitrogens is 2. The van der Waals surface area contributed by atoms with Crippen LogP contribution in [-0.4, -0.2) is 40.0 Å². The first kappa shape index (κ1) is 17.7. The first-order valence-electron chi connectivity index (χ1n) is 7.87. The van der Waals surface area contributed by atoms with Gasteiger partial charge in [-0.25, -0.2) is 18.7 Å². The van der Waals surface area contributed by atoms with Gasteiger partial charge in [-0.2, -0.15) is 0 Å². The fourth-order valence-electron chi connectivity index (χ4n) is 2.67. The number of halogens is 3. The smallest absolute Gasteiger partial charge is 0.316 e. The van der Waals surface area contributed by atoms with Gasteiger partial charge in [-0.3, -0.25) is 4.79 Å². The maximum Gasteiger partial charge on any atom is 0.316 e. The van der Waals surface area contributed by atoms with Crippen LogP contribution in [0, 0.1) is 11.6 Å². The Bertz CT molecular complexity index is 750. The Morgan fingerprint density at radius 3 is 2.56 bits per heavy atom. The van der Waals surface area contributed by atoms with Crippen molar-refractivity contribution >= 4 is 21.8 Å². The molecular formula is C17H16BrF2N3O2. The minimum absolute atomic E-state index is 0.0622. The van der Waals surface area contributed by atoms with Crippen LogP contribution in [0.15, 0.2) is 35.1 Å². The molecule has 1 fully saturated rings. The number of piperidine rings is 1. The van der Waals surface area contributed by atoms with Gasteiger partial charge in [-0.15, -0.1) is 0 Å². The SMILES string of the molecule is O=C(Cc1ccc(F)cc1F)N1CCC(Oc2ncc(Br)cn2)CC1. The third-order valence-electron chi connectivity index (χ3n) is 4.02. The molecule has 1 aliphatic heterocycles. The molecule has 1 saturated heterocycles. The first-order chi connectivity index (χ1) is 12.0. The number of carbonyl (C=O) groups excluding carboxylic acids is 1. The number of hydrogen-bond acceptors (Lipinski definition) is 4. The average Bonchev–Trinajstić information content (AvgIpc) is 2.60. The Balaban J connectivity index is 1.51. The Morgan fingerprint density at radius 2 is 1.92 bits per heavy atom. The van der Waals surface area contributed by atoms with Crippen LogP contribution in [0.25, 0.3) is 0 Å². The predicted octanol–water partition coefficient (Wildman–Crippen LogP) is 3.13. The van der Waals surface area contributed by atoms with E-state index < -0.39 is 11.6 Å². The van der Waals surface area contributed by atoms with Crippen molar-refractivity contribution in [1.82, 2.24) is 14.9 Å². The maximum atomic E-state index is 13.7. The van der Waals surface area contributed by atoms with Crippen LogP contribution in [-0.2, 0) is 11.2 Å². The third kappa shape index (κ3) is 4.72. The number of nitrogens with zero attached hydrogens (tertiary/aromatic N) is 3. The Hall–Kier alpha value is -2.09. The lowest BCUT2D eigenvalue weighted by Gasteiger charge is -2.31. The molecule has 1 aliphatic rings. The first-order valence-corrected chi connectivity index (χ1v) is 8.66. The summed E-state index contributed by atoms with van der Waals surface area (Å²) in [6.07, 6.45) is 4.38. The molecule has 2 aromatic rings. The van der Waals surface area contributed by atoms with Crippen molar-refractivity contribution in [3.05, 3.63) is 52.3 Å². The monoisotopic (exact) mass is 411 g/mol. The molecule has 0 N–H and O–H groups in total. The van der Waals surface area contributed by atoms with Crippen LogP contribution in [0.2, 0.25) is 0 Å². The summed E-state index contributed by atoms with van der Waals surface area (Å²) in [7, 11) is 0. The highest BCUT2D eigenvalue weighted by Gasteiger charge is 2.25. The van der Waals surface area contributed by atoms with Crippen molar-refractivity contribution in [3.8, 4) is 6.01 Å². The summed E-state index contributed by atoms with van der Waals surface area (Å²) in [5.41, 5.74) is 0.202. The largest absolute Gasteiger partial charge is 0.460 e. The van der Waals surface area contributed by atoms with E-state index in [9.17, 15) is 13.6 Å². The minimum atomic E-state index is -0.695. The van der Waals surface area contributed by atoms with Crippen LogP contribution in [0.1, 0.15) is 18.4 Å². The van der Waals surface area contributed by atoms with E-state index in [1.54, 1.807) is 17.3 Å².